The summed E-state index contributed by atoms with van der Waals surface area (Å²) in [4.78, 5) is 13.2. The van der Waals surface area contributed by atoms with E-state index in [0.29, 0.717) is 17.9 Å². The smallest absolute Gasteiger partial charge is 0.264 e. The normalized spacial score (nSPS) is 12.0. The van der Waals surface area contributed by atoms with E-state index in [9.17, 15) is 13.2 Å². The van der Waals surface area contributed by atoms with Crippen LogP contribution in [0.15, 0.2) is 77.7 Å². The monoisotopic (exact) mass is 482 g/mol. The molecule has 0 fully saturated rings. The number of carbonyl (C=O) groups is 1. The second-order valence-electron chi connectivity index (χ2n) is 7.80. The number of anilines is 1. The van der Waals surface area contributed by atoms with Crippen LogP contribution in [0.1, 0.15) is 30.5 Å². The molecule has 0 saturated carbocycles. The molecular formula is C26H30N2O5S. The molecule has 0 spiro atoms. The number of para-hydroxylation sites is 2. The van der Waals surface area contributed by atoms with Crippen molar-refractivity contribution in [2.75, 3.05) is 25.1 Å². The van der Waals surface area contributed by atoms with E-state index in [1.807, 2.05) is 38.1 Å². The number of hydrogen-bond acceptors (Lipinski definition) is 5. The van der Waals surface area contributed by atoms with E-state index in [2.05, 4.69) is 5.32 Å². The predicted octanol–water partition coefficient (Wildman–Crippen LogP) is 4.48. The quantitative estimate of drug-likeness (QED) is 0.461. The first-order valence-corrected chi connectivity index (χ1v) is 12.4. The number of rotatable bonds is 10. The number of sulfonamides is 1. The van der Waals surface area contributed by atoms with Gasteiger partial charge in [0.2, 0.25) is 5.91 Å². The van der Waals surface area contributed by atoms with Crippen LogP contribution in [-0.2, 0) is 14.8 Å². The molecule has 3 aromatic rings. The molecule has 1 unspecified atom stereocenters. The Morgan fingerprint density at radius 3 is 2.18 bits per heavy atom. The van der Waals surface area contributed by atoms with Crippen molar-refractivity contribution >= 4 is 21.6 Å². The van der Waals surface area contributed by atoms with Crippen molar-refractivity contribution in [3.63, 3.8) is 0 Å². The van der Waals surface area contributed by atoms with Crippen LogP contribution in [0.5, 0.6) is 11.5 Å². The van der Waals surface area contributed by atoms with Crippen molar-refractivity contribution in [1.82, 2.24) is 5.32 Å². The molecule has 3 rings (SSSR count). The Hall–Kier alpha value is -3.52. The molecule has 0 bridgehead atoms. The van der Waals surface area contributed by atoms with Crippen LogP contribution in [-0.4, -0.2) is 35.1 Å². The third-order valence-corrected chi connectivity index (χ3v) is 7.29. The van der Waals surface area contributed by atoms with Gasteiger partial charge < -0.3 is 14.8 Å². The summed E-state index contributed by atoms with van der Waals surface area (Å²) in [5.74, 6) is 0.456. The lowest BCUT2D eigenvalue weighted by molar-refractivity contribution is -0.120. The molecule has 34 heavy (non-hydrogen) atoms. The summed E-state index contributed by atoms with van der Waals surface area (Å²) in [7, 11) is -1.12. The maximum atomic E-state index is 13.6. The first-order valence-electron chi connectivity index (χ1n) is 11.0. The summed E-state index contributed by atoms with van der Waals surface area (Å²) in [6.07, 6.45) is 0.661. The van der Waals surface area contributed by atoms with Crippen LogP contribution >= 0.6 is 0 Å². The van der Waals surface area contributed by atoms with E-state index >= 15 is 0 Å². The molecular weight excluding hydrogens is 452 g/mol. The van der Waals surface area contributed by atoms with Crippen LogP contribution in [0.4, 0.5) is 5.69 Å². The zero-order valence-corrected chi connectivity index (χ0v) is 20.6. The zero-order valence-electron chi connectivity index (χ0n) is 19.8. The SMILES string of the molecule is CCC(NC(=O)CN(c1ccccc1OC)S(=O)(=O)c1ccc(OC)cc1)c1ccc(C)cc1. The van der Waals surface area contributed by atoms with Gasteiger partial charge in [-0.1, -0.05) is 48.9 Å². The fraction of sp³-hybridized carbons (Fsp3) is 0.269. The lowest BCUT2D eigenvalue weighted by Crippen LogP contribution is -2.42. The maximum absolute atomic E-state index is 13.6. The van der Waals surface area contributed by atoms with Crippen molar-refractivity contribution in [3.8, 4) is 11.5 Å². The van der Waals surface area contributed by atoms with Crippen LogP contribution in [0, 0.1) is 6.92 Å². The van der Waals surface area contributed by atoms with Gasteiger partial charge in [0.15, 0.2) is 0 Å². The highest BCUT2D eigenvalue weighted by Gasteiger charge is 2.30. The fourth-order valence-electron chi connectivity index (χ4n) is 3.60. The minimum Gasteiger partial charge on any atom is -0.497 e. The van der Waals surface area contributed by atoms with Gasteiger partial charge in [-0.3, -0.25) is 9.10 Å². The molecule has 0 saturated heterocycles. The number of aryl methyl sites for hydroxylation is 1. The Morgan fingerprint density at radius 1 is 0.941 bits per heavy atom. The molecule has 7 nitrogen and oxygen atoms in total. The van der Waals surface area contributed by atoms with E-state index in [4.69, 9.17) is 9.47 Å². The highest BCUT2D eigenvalue weighted by Crippen LogP contribution is 2.32. The summed E-state index contributed by atoms with van der Waals surface area (Å²) in [5.41, 5.74) is 2.36. The van der Waals surface area contributed by atoms with Gasteiger partial charge >= 0.3 is 0 Å². The first kappa shape index (κ1) is 25.1. The van der Waals surface area contributed by atoms with E-state index in [1.165, 1.54) is 26.4 Å². The molecule has 0 aliphatic carbocycles. The number of benzene rings is 3. The number of ether oxygens (including phenoxy) is 2. The van der Waals surface area contributed by atoms with Crippen molar-refractivity contribution in [1.29, 1.82) is 0 Å². The molecule has 1 amide bonds. The molecule has 0 radical (unpaired) electrons. The average Bonchev–Trinajstić information content (AvgIpc) is 2.86. The first-order chi connectivity index (χ1) is 16.3. The van der Waals surface area contributed by atoms with Crippen LogP contribution in [0.2, 0.25) is 0 Å². The van der Waals surface area contributed by atoms with Gasteiger partial charge in [-0.2, -0.15) is 0 Å². The van der Waals surface area contributed by atoms with Gasteiger partial charge in [-0.15, -0.1) is 0 Å². The third-order valence-electron chi connectivity index (χ3n) is 5.51. The predicted molar refractivity (Wildman–Crippen MR) is 133 cm³/mol. The number of carbonyl (C=O) groups excluding carboxylic acids is 1. The number of hydrogen-bond donors (Lipinski definition) is 1. The molecule has 0 aromatic heterocycles. The highest BCUT2D eigenvalue weighted by atomic mass is 32.2. The second kappa shape index (κ2) is 11.1. The van der Waals surface area contributed by atoms with E-state index in [0.717, 1.165) is 15.4 Å². The lowest BCUT2D eigenvalue weighted by atomic mass is 10.0. The standard InChI is InChI=1S/C26H30N2O5S/c1-5-23(20-12-10-19(2)11-13-20)27-26(29)18-28(24-8-6-7-9-25(24)33-4)34(30,31)22-16-14-21(32-3)15-17-22/h6-17,23H,5,18H2,1-4H3,(H,27,29). The molecule has 0 heterocycles. The van der Waals surface area contributed by atoms with Gasteiger partial charge in [0.05, 0.1) is 30.8 Å². The zero-order chi connectivity index (χ0) is 24.7. The van der Waals surface area contributed by atoms with Crippen LogP contribution in [0.25, 0.3) is 0 Å². The molecule has 0 aliphatic rings. The average molecular weight is 483 g/mol. The molecule has 0 aliphatic heterocycles. The molecule has 1 atom stereocenters. The Kier molecular flexibility index (Phi) is 8.17. The van der Waals surface area contributed by atoms with Gasteiger partial charge in [0.25, 0.3) is 10.0 Å². The summed E-state index contributed by atoms with van der Waals surface area (Å²) in [5, 5.41) is 2.98. The van der Waals surface area contributed by atoms with Crippen LogP contribution < -0.4 is 19.1 Å². The van der Waals surface area contributed by atoms with Crippen molar-refractivity contribution in [2.45, 2.75) is 31.2 Å². The van der Waals surface area contributed by atoms with Gasteiger partial charge in [0, 0.05) is 0 Å². The summed E-state index contributed by atoms with van der Waals surface area (Å²) < 4.78 is 38.9. The van der Waals surface area contributed by atoms with Crippen molar-refractivity contribution < 1.29 is 22.7 Å². The summed E-state index contributed by atoms with van der Waals surface area (Å²) in [6, 6.07) is 20.4. The van der Waals surface area contributed by atoms with Gasteiger partial charge in [0.1, 0.15) is 18.0 Å². The van der Waals surface area contributed by atoms with E-state index in [1.54, 1.807) is 36.4 Å². The van der Waals surface area contributed by atoms with Gasteiger partial charge in [-0.25, -0.2) is 8.42 Å². The Bertz CT molecular complexity index is 1210. The Labute approximate surface area is 201 Å². The number of amides is 1. The van der Waals surface area contributed by atoms with Crippen LogP contribution in [0.3, 0.4) is 0 Å². The van der Waals surface area contributed by atoms with Gasteiger partial charge in [-0.05, 0) is 55.3 Å². The molecule has 8 heteroatoms. The highest BCUT2D eigenvalue weighted by molar-refractivity contribution is 7.92. The van der Waals surface area contributed by atoms with Crippen molar-refractivity contribution in [3.05, 3.63) is 83.9 Å². The van der Waals surface area contributed by atoms with E-state index < -0.39 is 22.5 Å². The van der Waals surface area contributed by atoms with Crippen molar-refractivity contribution in [2.24, 2.45) is 0 Å². The maximum Gasteiger partial charge on any atom is 0.264 e. The third kappa shape index (κ3) is 5.69. The van der Waals surface area contributed by atoms with E-state index in [-0.39, 0.29) is 16.6 Å². The minimum absolute atomic E-state index is 0.0394. The minimum atomic E-state index is -4.08. The molecule has 180 valence electrons. The summed E-state index contributed by atoms with van der Waals surface area (Å²) in [6.45, 7) is 3.56. The topological polar surface area (TPSA) is 84.9 Å². The molecule has 1 N–H and O–H groups in total. The Morgan fingerprint density at radius 2 is 1.59 bits per heavy atom. The largest absolute Gasteiger partial charge is 0.497 e. The lowest BCUT2D eigenvalue weighted by Gasteiger charge is -2.27. The Balaban J connectivity index is 1.95. The number of nitrogens with zero attached hydrogens (tertiary/aromatic N) is 1. The second-order valence-corrected chi connectivity index (χ2v) is 9.66. The summed E-state index contributed by atoms with van der Waals surface area (Å²) >= 11 is 0. The molecule has 3 aromatic carbocycles. The number of nitrogens with one attached hydrogen (secondary N) is 1. The number of methoxy groups -OCH3 is 2. The fourth-order valence-corrected chi connectivity index (χ4v) is 5.03.